The van der Waals surface area contributed by atoms with E-state index < -0.39 is 0 Å². The van der Waals surface area contributed by atoms with E-state index >= 15 is 0 Å². The van der Waals surface area contributed by atoms with Gasteiger partial charge in [0.05, 0.1) is 0 Å². The average molecular weight is 234 g/mol. The lowest BCUT2D eigenvalue weighted by molar-refractivity contribution is -0.362. The molecule has 1 heterocycles. The third-order valence-corrected chi connectivity index (χ3v) is 6.39. The lowest BCUT2D eigenvalue weighted by atomic mass is 9.75. The lowest BCUT2D eigenvalue weighted by Crippen LogP contribution is -2.38. The molecule has 0 aromatic carbocycles. The minimum Gasteiger partial charge on any atom is -0.229 e. The van der Waals surface area contributed by atoms with E-state index in [9.17, 15) is 0 Å². The molecule has 4 fully saturated rings. The van der Waals surface area contributed by atoms with E-state index in [1.807, 2.05) is 0 Å². The van der Waals surface area contributed by atoms with Crippen LogP contribution in [0.1, 0.15) is 46.5 Å². The van der Waals surface area contributed by atoms with Crippen LogP contribution in [-0.2, 0) is 9.78 Å². The van der Waals surface area contributed by atoms with Gasteiger partial charge in [-0.25, -0.2) is 9.78 Å². The summed E-state index contributed by atoms with van der Waals surface area (Å²) in [4.78, 5) is 11.6. The van der Waals surface area contributed by atoms with Crippen LogP contribution in [0.2, 0.25) is 0 Å². The molecule has 0 unspecified atom stereocenters. The highest BCUT2D eigenvalue weighted by atomic mass is 17.2. The standard InChI is InChI=1S/C15H22O2/c1-9-5-6-10-11(13(10,2)3)12-14(4)7-8-15(9,12)17-16-14/h10-12H,1,5-8H2,2-4H3/t10-,11-,12-,14+,15+/m1/s1. The van der Waals surface area contributed by atoms with E-state index in [1.54, 1.807) is 0 Å². The molecule has 4 rings (SSSR count). The fourth-order valence-electron chi connectivity index (χ4n) is 5.26. The van der Waals surface area contributed by atoms with Gasteiger partial charge in [-0.05, 0) is 55.4 Å². The van der Waals surface area contributed by atoms with E-state index in [0.29, 0.717) is 11.3 Å². The molecular formula is C15H22O2. The van der Waals surface area contributed by atoms with Crippen molar-refractivity contribution in [3.63, 3.8) is 0 Å². The summed E-state index contributed by atoms with van der Waals surface area (Å²) in [5.74, 6) is 2.18. The SMILES string of the molecule is C=C1CC[C@@H]2[C@H]([C@H]3[C@]14CC[C@]3(C)OO4)C2(C)C. The van der Waals surface area contributed by atoms with Crippen LogP contribution in [0, 0.1) is 23.2 Å². The zero-order valence-electron chi connectivity index (χ0n) is 11.1. The lowest BCUT2D eigenvalue weighted by Gasteiger charge is -2.31. The quantitative estimate of drug-likeness (QED) is 0.472. The molecule has 1 aliphatic heterocycles. The van der Waals surface area contributed by atoms with Crippen LogP contribution in [0.15, 0.2) is 12.2 Å². The van der Waals surface area contributed by atoms with Gasteiger partial charge in [-0.3, -0.25) is 0 Å². The van der Waals surface area contributed by atoms with Gasteiger partial charge < -0.3 is 0 Å². The molecule has 2 nitrogen and oxygen atoms in total. The first kappa shape index (κ1) is 10.6. The summed E-state index contributed by atoms with van der Waals surface area (Å²) in [6, 6.07) is 0. The fourth-order valence-corrected chi connectivity index (χ4v) is 5.26. The van der Waals surface area contributed by atoms with Crippen molar-refractivity contribution >= 4 is 0 Å². The Morgan fingerprint density at radius 1 is 1.18 bits per heavy atom. The zero-order valence-corrected chi connectivity index (χ0v) is 11.1. The molecule has 0 spiro atoms. The van der Waals surface area contributed by atoms with Gasteiger partial charge in [0.15, 0.2) is 0 Å². The second-order valence-corrected chi connectivity index (χ2v) is 7.44. The third kappa shape index (κ3) is 0.978. The first-order valence-corrected chi connectivity index (χ1v) is 6.97. The van der Waals surface area contributed by atoms with E-state index in [-0.39, 0.29) is 11.2 Å². The number of fused-ring (bicyclic) bond motifs is 1. The number of hydrogen-bond donors (Lipinski definition) is 0. The van der Waals surface area contributed by atoms with Crippen LogP contribution in [0.3, 0.4) is 0 Å². The summed E-state index contributed by atoms with van der Waals surface area (Å²) in [6.45, 7) is 11.4. The molecule has 0 N–H and O–H groups in total. The Morgan fingerprint density at radius 3 is 2.59 bits per heavy atom. The Morgan fingerprint density at radius 2 is 1.94 bits per heavy atom. The van der Waals surface area contributed by atoms with E-state index in [2.05, 4.69) is 27.4 Å². The number of rotatable bonds is 0. The third-order valence-electron chi connectivity index (χ3n) is 6.39. The van der Waals surface area contributed by atoms with E-state index in [0.717, 1.165) is 31.1 Å². The molecule has 4 aliphatic rings. The molecule has 0 aromatic rings. The topological polar surface area (TPSA) is 18.5 Å². The average Bonchev–Trinajstić information content (AvgIpc) is 2.57. The van der Waals surface area contributed by atoms with Crippen molar-refractivity contribution in [3.8, 4) is 0 Å². The summed E-state index contributed by atoms with van der Waals surface area (Å²) in [5, 5.41) is 0. The maximum atomic E-state index is 5.83. The minimum atomic E-state index is -0.137. The molecule has 17 heavy (non-hydrogen) atoms. The molecule has 3 aliphatic carbocycles. The second kappa shape index (κ2) is 2.65. The summed E-state index contributed by atoms with van der Waals surface area (Å²) in [7, 11) is 0. The van der Waals surface area contributed by atoms with Crippen LogP contribution in [0.5, 0.6) is 0 Å². The second-order valence-electron chi connectivity index (χ2n) is 7.44. The van der Waals surface area contributed by atoms with Crippen molar-refractivity contribution in [1.29, 1.82) is 0 Å². The van der Waals surface area contributed by atoms with Crippen LogP contribution in [0.25, 0.3) is 0 Å². The number of hydrogen-bond acceptors (Lipinski definition) is 2. The molecule has 0 aromatic heterocycles. The smallest absolute Gasteiger partial charge is 0.130 e. The molecular weight excluding hydrogens is 212 g/mol. The van der Waals surface area contributed by atoms with Crippen molar-refractivity contribution in [1.82, 2.24) is 0 Å². The predicted molar refractivity (Wildman–Crippen MR) is 65.2 cm³/mol. The van der Waals surface area contributed by atoms with Crippen LogP contribution in [-0.4, -0.2) is 11.2 Å². The maximum Gasteiger partial charge on any atom is 0.130 e. The van der Waals surface area contributed by atoms with Gasteiger partial charge in [-0.2, -0.15) is 0 Å². The summed E-state index contributed by atoms with van der Waals surface area (Å²) >= 11 is 0. The Balaban J connectivity index is 1.85. The van der Waals surface area contributed by atoms with Crippen LogP contribution < -0.4 is 0 Å². The maximum absolute atomic E-state index is 5.83. The highest BCUT2D eigenvalue weighted by molar-refractivity contribution is 5.32. The molecule has 1 saturated heterocycles. The molecule has 2 heteroatoms. The Labute approximate surface area is 103 Å². The molecule has 0 radical (unpaired) electrons. The summed E-state index contributed by atoms with van der Waals surface area (Å²) < 4.78 is 0. The van der Waals surface area contributed by atoms with Crippen molar-refractivity contribution in [2.24, 2.45) is 23.2 Å². The van der Waals surface area contributed by atoms with Gasteiger partial charge in [-0.15, -0.1) is 0 Å². The molecule has 0 amide bonds. The van der Waals surface area contributed by atoms with Crippen molar-refractivity contribution < 1.29 is 9.78 Å². The molecule has 3 saturated carbocycles. The first-order chi connectivity index (χ1) is 7.92. The van der Waals surface area contributed by atoms with Crippen molar-refractivity contribution in [2.75, 3.05) is 0 Å². The van der Waals surface area contributed by atoms with Gasteiger partial charge >= 0.3 is 0 Å². The highest BCUT2D eigenvalue weighted by Crippen LogP contribution is 2.75. The summed E-state index contributed by atoms with van der Waals surface area (Å²) in [5.41, 5.74) is 1.59. The highest BCUT2D eigenvalue weighted by Gasteiger charge is 2.76. The minimum absolute atomic E-state index is 0.0516. The monoisotopic (exact) mass is 234 g/mol. The largest absolute Gasteiger partial charge is 0.229 e. The summed E-state index contributed by atoms with van der Waals surface area (Å²) in [6.07, 6.45) is 4.68. The Bertz CT molecular complexity index is 401. The fraction of sp³-hybridized carbons (Fsp3) is 0.867. The normalized spacial score (nSPS) is 58.5. The van der Waals surface area contributed by atoms with Crippen molar-refractivity contribution in [3.05, 3.63) is 12.2 Å². The van der Waals surface area contributed by atoms with Gasteiger partial charge in [0.25, 0.3) is 0 Å². The van der Waals surface area contributed by atoms with Gasteiger partial charge in [-0.1, -0.05) is 20.4 Å². The molecule has 5 atom stereocenters. The molecule has 2 bridgehead atoms. The Hall–Kier alpha value is -0.340. The van der Waals surface area contributed by atoms with Crippen molar-refractivity contribution in [2.45, 2.75) is 57.7 Å². The zero-order chi connectivity index (χ0) is 12.1. The van der Waals surface area contributed by atoms with Gasteiger partial charge in [0.1, 0.15) is 11.2 Å². The Kier molecular flexibility index (Phi) is 1.65. The van der Waals surface area contributed by atoms with E-state index in [1.165, 1.54) is 12.0 Å². The van der Waals surface area contributed by atoms with Crippen LogP contribution >= 0.6 is 0 Å². The molecule has 94 valence electrons. The van der Waals surface area contributed by atoms with Gasteiger partial charge in [0.2, 0.25) is 0 Å². The van der Waals surface area contributed by atoms with Gasteiger partial charge in [0, 0.05) is 5.92 Å². The first-order valence-electron chi connectivity index (χ1n) is 6.97. The van der Waals surface area contributed by atoms with E-state index in [4.69, 9.17) is 9.78 Å². The predicted octanol–water partition coefficient (Wildman–Crippen LogP) is 3.48. The van der Waals surface area contributed by atoms with Crippen LogP contribution in [0.4, 0.5) is 0 Å².